The maximum absolute atomic E-state index is 2.36. The van der Waals surface area contributed by atoms with Gasteiger partial charge in [-0.3, -0.25) is 0 Å². The monoisotopic (exact) mass is 881 g/mol. The molecule has 0 atom stereocenters. The number of para-hydroxylation sites is 2. The van der Waals surface area contributed by atoms with E-state index in [1.807, 2.05) is 0 Å². The molecule has 0 fully saturated rings. The Balaban J connectivity index is 0.941. The summed E-state index contributed by atoms with van der Waals surface area (Å²) in [6.45, 7) is 15.2. The van der Waals surface area contributed by atoms with Crippen molar-refractivity contribution >= 4 is 75.5 Å². The van der Waals surface area contributed by atoms with Crippen molar-refractivity contribution in [1.82, 2.24) is 0 Å². The van der Waals surface area contributed by atoms with E-state index in [-0.39, 0.29) is 0 Å². The average Bonchev–Trinajstić information content (AvgIpc) is 3.35. The van der Waals surface area contributed by atoms with Crippen LogP contribution in [0.2, 0.25) is 0 Å². The van der Waals surface area contributed by atoms with E-state index >= 15 is 0 Å². The van der Waals surface area contributed by atoms with Gasteiger partial charge in [0.05, 0.1) is 0 Å². The zero-order valence-corrected chi connectivity index (χ0v) is 40.3. The Labute approximate surface area is 404 Å². The Morgan fingerprint density at radius 1 is 0.235 bits per heavy atom. The van der Waals surface area contributed by atoms with Gasteiger partial charge in [-0.05, 0) is 213 Å². The molecule has 68 heavy (non-hydrogen) atoms. The fourth-order valence-corrected chi connectivity index (χ4v) is 8.73. The summed E-state index contributed by atoms with van der Waals surface area (Å²) in [4.78, 5) is 7.00. The highest BCUT2D eigenvalue weighted by Gasteiger charge is 2.17. The van der Waals surface area contributed by atoms with Crippen molar-refractivity contribution < 1.29 is 0 Å². The van der Waals surface area contributed by atoms with Crippen LogP contribution >= 0.6 is 0 Å². The summed E-state index contributed by atoms with van der Waals surface area (Å²) in [5.74, 6) is 0. The van der Waals surface area contributed by atoms with Crippen LogP contribution in [-0.2, 0) is 0 Å². The molecule has 0 aliphatic heterocycles. The predicted molar refractivity (Wildman–Crippen MR) is 294 cm³/mol. The van der Waals surface area contributed by atoms with Crippen LogP contribution in [0.5, 0.6) is 0 Å². The molecule has 9 rings (SSSR count). The normalized spacial score (nSPS) is 11.3. The summed E-state index contributed by atoms with van der Waals surface area (Å²) in [6, 6.07) is 74.6. The number of hydrogen-bond acceptors (Lipinski definition) is 3. The van der Waals surface area contributed by atoms with Crippen molar-refractivity contribution in [3.05, 3.63) is 267 Å². The van der Waals surface area contributed by atoms with E-state index in [1.54, 1.807) is 0 Å². The van der Waals surface area contributed by atoms with Gasteiger partial charge in [-0.25, -0.2) is 0 Å². The van der Waals surface area contributed by atoms with E-state index in [0.29, 0.717) is 0 Å². The van der Waals surface area contributed by atoms with E-state index in [4.69, 9.17) is 0 Å². The molecule has 9 aromatic rings. The average molecular weight is 882 g/mol. The first-order valence-electron chi connectivity index (χ1n) is 23.6. The Kier molecular flexibility index (Phi) is 13.4. The SMILES string of the molecule is Cc1ccc(N(c2ccc(C=Cc3ccc(N(c4ccccc4)c4ccc(C)c(C)c4)cc3)c(C)c2)c2ccc(C=Cc3ccc(N(c4ccccc4)c4ccc(C)c(C)c4)cc3)c(C)c2)cc1. The van der Waals surface area contributed by atoms with Crippen LogP contribution in [-0.4, -0.2) is 0 Å². The van der Waals surface area contributed by atoms with Crippen molar-refractivity contribution in [3.63, 3.8) is 0 Å². The van der Waals surface area contributed by atoms with Crippen molar-refractivity contribution in [2.45, 2.75) is 48.5 Å². The lowest BCUT2D eigenvalue weighted by atomic mass is 10.0. The lowest BCUT2D eigenvalue weighted by molar-refractivity contribution is 1.25. The van der Waals surface area contributed by atoms with E-state index in [0.717, 1.165) is 62.3 Å². The molecule has 0 heterocycles. The fourth-order valence-electron chi connectivity index (χ4n) is 8.73. The topological polar surface area (TPSA) is 9.72 Å². The van der Waals surface area contributed by atoms with Crippen LogP contribution in [0.15, 0.2) is 206 Å². The molecule has 0 aliphatic rings. The van der Waals surface area contributed by atoms with Crippen LogP contribution in [0.4, 0.5) is 51.2 Å². The summed E-state index contributed by atoms with van der Waals surface area (Å²) >= 11 is 0. The molecule has 0 amide bonds. The molecule has 0 saturated heterocycles. The van der Waals surface area contributed by atoms with Gasteiger partial charge in [-0.2, -0.15) is 0 Å². The lowest BCUT2D eigenvalue weighted by Crippen LogP contribution is -2.10. The number of nitrogens with zero attached hydrogens (tertiary/aromatic N) is 3. The molecule has 0 bridgehead atoms. The molecule has 0 spiro atoms. The molecule has 3 heteroatoms. The predicted octanol–water partition coefficient (Wildman–Crippen LogP) is 18.6. The highest BCUT2D eigenvalue weighted by Crippen LogP contribution is 2.39. The smallest absolute Gasteiger partial charge is 0.0464 e. The quantitative estimate of drug-likeness (QED) is 0.107. The minimum atomic E-state index is 1.12. The molecule has 0 unspecified atom stereocenters. The number of aryl methyl sites for hydroxylation is 7. The third-order valence-electron chi connectivity index (χ3n) is 13.1. The van der Waals surface area contributed by atoms with Gasteiger partial charge in [-0.1, -0.05) is 127 Å². The van der Waals surface area contributed by atoms with E-state index < -0.39 is 0 Å². The van der Waals surface area contributed by atoms with Gasteiger partial charge in [0.25, 0.3) is 0 Å². The van der Waals surface area contributed by atoms with Gasteiger partial charge in [0.1, 0.15) is 0 Å². The zero-order chi connectivity index (χ0) is 47.1. The third kappa shape index (κ3) is 10.1. The van der Waals surface area contributed by atoms with Crippen LogP contribution in [0.3, 0.4) is 0 Å². The zero-order valence-electron chi connectivity index (χ0n) is 40.3. The summed E-state index contributed by atoms with van der Waals surface area (Å²) in [5, 5.41) is 0. The molecule has 3 nitrogen and oxygen atoms in total. The van der Waals surface area contributed by atoms with Gasteiger partial charge in [-0.15, -0.1) is 0 Å². The summed E-state index contributed by atoms with van der Waals surface area (Å²) in [5.41, 5.74) is 23.6. The first-order chi connectivity index (χ1) is 33.1. The molecule has 0 N–H and O–H groups in total. The fraction of sp³-hybridized carbons (Fsp3) is 0.108. The number of rotatable bonds is 13. The van der Waals surface area contributed by atoms with Crippen LogP contribution < -0.4 is 14.7 Å². The minimum Gasteiger partial charge on any atom is -0.310 e. The van der Waals surface area contributed by atoms with E-state index in [2.05, 4.69) is 294 Å². The molecule has 0 saturated carbocycles. The maximum Gasteiger partial charge on any atom is 0.0464 e. The molecular formula is C65H59N3. The van der Waals surface area contributed by atoms with Crippen molar-refractivity contribution in [1.29, 1.82) is 0 Å². The third-order valence-corrected chi connectivity index (χ3v) is 13.1. The minimum absolute atomic E-state index is 1.12. The second-order valence-electron chi connectivity index (χ2n) is 18.0. The number of benzene rings is 9. The van der Waals surface area contributed by atoms with Crippen molar-refractivity contribution in [2.24, 2.45) is 0 Å². The van der Waals surface area contributed by atoms with Gasteiger partial charge in [0.15, 0.2) is 0 Å². The van der Waals surface area contributed by atoms with Gasteiger partial charge in [0.2, 0.25) is 0 Å². The maximum atomic E-state index is 2.36. The molecule has 0 aromatic heterocycles. The second kappa shape index (κ2) is 20.2. The number of hydrogen-bond donors (Lipinski definition) is 0. The second-order valence-corrected chi connectivity index (χ2v) is 18.0. The Morgan fingerprint density at radius 2 is 0.529 bits per heavy atom. The van der Waals surface area contributed by atoms with Crippen LogP contribution in [0.1, 0.15) is 61.2 Å². The first kappa shape index (κ1) is 45.0. The summed E-state index contributed by atoms with van der Waals surface area (Å²) in [6.07, 6.45) is 8.88. The number of anilines is 9. The van der Waals surface area contributed by atoms with Gasteiger partial charge >= 0.3 is 0 Å². The Bertz CT molecular complexity index is 3020. The lowest BCUT2D eigenvalue weighted by Gasteiger charge is -2.27. The Hall–Kier alpha value is -8.14. The van der Waals surface area contributed by atoms with Gasteiger partial charge in [0, 0.05) is 51.2 Å². The van der Waals surface area contributed by atoms with Crippen LogP contribution in [0.25, 0.3) is 24.3 Å². The molecule has 9 aromatic carbocycles. The van der Waals surface area contributed by atoms with Crippen LogP contribution in [0, 0.1) is 48.5 Å². The van der Waals surface area contributed by atoms with Crippen molar-refractivity contribution in [2.75, 3.05) is 14.7 Å². The molecular weight excluding hydrogens is 823 g/mol. The standard InChI is InChI=1S/C65H59N3/c1-46-18-32-59(33-19-46)68(64-40-30-55(51(6)44-64)28-22-53-24-36-60(37-25-53)66(57-14-10-8-11-15-57)62-34-20-47(2)49(4)42-62)65-41-31-56(52(7)45-65)29-23-54-26-38-61(39-27-54)67(58-16-12-9-13-17-58)63-35-21-48(3)50(5)43-63/h8-45H,1-7H3. The highest BCUT2D eigenvalue weighted by molar-refractivity contribution is 5.83. The molecule has 334 valence electrons. The first-order valence-corrected chi connectivity index (χ1v) is 23.6. The van der Waals surface area contributed by atoms with E-state index in [9.17, 15) is 0 Å². The van der Waals surface area contributed by atoms with E-state index in [1.165, 1.54) is 50.1 Å². The summed E-state index contributed by atoms with van der Waals surface area (Å²) in [7, 11) is 0. The molecule has 0 radical (unpaired) electrons. The highest BCUT2D eigenvalue weighted by atomic mass is 15.2. The largest absolute Gasteiger partial charge is 0.310 e. The molecule has 0 aliphatic carbocycles. The van der Waals surface area contributed by atoms with Crippen molar-refractivity contribution in [3.8, 4) is 0 Å². The summed E-state index contributed by atoms with van der Waals surface area (Å²) < 4.78 is 0. The Morgan fingerprint density at radius 3 is 0.882 bits per heavy atom. The van der Waals surface area contributed by atoms with Gasteiger partial charge < -0.3 is 14.7 Å².